The van der Waals surface area contributed by atoms with E-state index in [0.717, 1.165) is 5.56 Å². The number of halogens is 1. The highest BCUT2D eigenvalue weighted by molar-refractivity contribution is 6.31. The van der Waals surface area contributed by atoms with Crippen LogP contribution in [0, 0.1) is 0 Å². The lowest BCUT2D eigenvalue weighted by Crippen LogP contribution is -2.27. The molecule has 0 radical (unpaired) electrons. The highest BCUT2D eigenvalue weighted by Crippen LogP contribution is 2.14. The van der Waals surface area contributed by atoms with Crippen molar-refractivity contribution in [1.82, 2.24) is 20.3 Å². The van der Waals surface area contributed by atoms with Crippen LogP contribution in [0.4, 0.5) is 0 Å². The minimum absolute atomic E-state index is 0.00525. The van der Waals surface area contributed by atoms with Crippen LogP contribution in [0.1, 0.15) is 16.1 Å². The number of carbonyl (C=O) groups is 2. The van der Waals surface area contributed by atoms with Crippen molar-refractivity contribution in [2.75, 3.05) is 0 Å². The van der Waals surface area contributed by atoms with E-state index in [1.165, 1.54) is 10.9 Å². The van der Waals surface area contributed by atoms with Crippen molar-refractivity contribution in [2.24, 2.45) is 0 Å². The van der Waals surface area contributed by atoms with E-state index in [0.29, 0.717) is 17.9 Å². The molecule has 1 amide bonds. The van der Waals surface area contributed by atoms with Gasteiger partial charge in [0.05, 0.1) is 6.20 Å². The molecule has 1 aromatic heterocycles. The average Bonchev–Trinajstić information content (AvgIpc) is 2.85. The van der Waals surface area contributed by atoms with Crippen LogP contribution < -0.4 is 5.32 Å². The molecule has 0 aliphatic rings. The summed E-state index contributed by atoms with van der Waals surface area (Å²) in [6.07, 6.45) is 1.98. The number of benzene rings is 1. The second-order valence-electron chi connectivity index (χ2n) is 3.83. The first-order valence-electron chi connectivity index (χ1n) is 5.54. The molecule has 0 spiro atoms. The fourth-order valence-electron chi connectivity index (χ4n) is 1.48. The summed E-state index contributed by atoms with van der Waals surface area (Å²) >= 11 is 5.97. The van der Waals surface area contributed by atoms with E-state index in [1.807, 2.05) is 18.2 Å². The average molecular weight is 279 g/mol. The van der Waals surface area contributed by atoms with Crippen LogP contribution >= 0.6 is 11.6 Å². The number of nitrogens with zero attached hydrogens (tertiary/aromatic N) is 3. The van der Waals surface area contributed by atoms with E-state index in [-0.39, 0.29) is 18.1 Å². The quantitative estimate of drug-likeness (QED) is 0.830. The zero-order chi connectivity index (χ0) is 13.7. The van der Waals surface area contributed by atoms with Crippen LogP contribution in [-0.2, 0) is 17.9 Å². The molecule has 0 aliphatic heterocycles. The van der Waals surface area contributed by atoms with Crippen LogP contribution in [0.5, 0.6) is 0 Å². The number of aldehydes is 1. The Kier molecular flexibility index (Phi) is 4.25. The highest BCUT2D eigenvalue weighted by Gasteiger charge is 2.06. The molecule has 0 unspecified atom stereocenters. The van der Waals surface area contributed by atoms with Gasteiger partial charge in [0.25, 0.3) is 0 Å². The molecule has 0 bridgehead atoms. The molecule has 0 saturated heterocycles. The zero-order valence-electron chi connectivity index (χ0n) is 9.91. The molecule has 2 aromatic rings. The maximum atomic E-state index is 11.7. The molecule has 1 heterocycles. The van der Waals surface area contributed by atoms with Crippen LogP contribution in [0.2, 0.25) is 5.02 Å². The largest absolute Gasteiger partial charge is 0.350 e. The van der Waals surface area contributed by atoms with Crippen molar-refractivity contribution in [3.63, 3.8) is 0 Å². The summed E-state index contributed by atoms with van der Waals surface area (Å²) in [4.78, 5) is 22.1. The summed E-state index contributed by atoms with van der Waals surface area (Å²) in [5, 5.41) is 10.5. The minimum Gasteiger partial charge on any atom is -0.350 e. The highest BCUT2D eigenvalue weighted by atomic mass is 35.5. The predicted molar refractivity (Wildman–Crippen MR) is 68.7 cm³/mol. The lowest BCUT2D eigenvalue weighted by Gasteiger charge is -2.06. The van der Waals surface area contributed by atoms with Crippen molar-refractivity contribution in [1.29, 1.82) is 0 Å². The Bertz CT molecular complexity index is 597. The molecule has 2 rings (SSSR count). The molecule has 7 heteroatoms. The van der Waals surface area contributed by atoms with E-state index < -0.39 is 0 Å². The predicted octanol–water partition coefficient (Wildman–Crippen LogP) is 1.06. The van der Waals surface area contributed by atoms with Gasteiger partial charge in [-0.15, -0.1) is 5.10 Å². The standard InChI is InChI=1S/C12H11ClN4O2/c13-11-4-2-1-3-9(11)5-14-12(19)7-17-6-10(8-18)15-16-17/h1-4,6,8H,5,7H2,(H,14,19). The number of aromatic nitrogens is 3. The molecule has 19 heavy (non-hydrogen) atoms. The van der Waals surface area contributed by atoms with Crippen molar-refractivity contribution in [3.05, 3.63) is 46.7 Å². The van der Waals surface area contributed by atoms with Crippen molar-refractivity contribution in [2.45, 2.75) is 13.1 Å². The zero-order valence-corrected chi connectivity index (χ0v) is 10.7. The molecule has 1 N–H and O–H groups in total. The Labute approximate surface area is 114 Å². The topological polar surface area (TPSA) is 76.9 Å². The van der Waals surface area contributed by atoms with Crippen molar-refractivity contribution in [3.8, 4) is 0 Å². The van der Waals surface area contributed by atoms with Gasteiger partial charge in [-0.25, -0.2) is 4.68 Å². The number of carbonyl (C=O) groups excluding carboxylic acids is 2. The van der Waals surface area contributed by atoms with Crippen molar-refractivity contribution >= 4 is 23.8 Å². The molecule has 0 fully saturated rings. The fourth-order valence-corrected chi connectivity index (χ4v) is 1.69. The van der Waals surface area contributed by atoms with E-state index >= 15 is 0 Å². The molecule has 0 saturated carbocycles. The summed E-state index contributed by atoms with van der Waals surface area (Å²) in [7, 11) is 0. The van der Waals surface area contributed by atoms with E-state index in [2.05, 4.69) is 15.6 Å². The van der Waals surface area contributed by atoms with Crippen LogP contribution in [0.3, 0.4) is 0 Å². The smallest absolute Gasteiger partial charge is 0.242 e. The summed E-state index contributed by atoms with van der Waals surface area (Å²) in [5.41, 5.74) is 1.03. The Morgan fingerprint density at radius 3 is 2.89 bits per heavy atom. The van der Waals surface area contributed by atoms with Gasteiger partial charge in [-0.2, -0.15) is 0 Å². The summed E-state index contributed by atoms with van der Waals surface area (Å²) in [5.74, 6) is -0.234. The second-order valence-corrected chi connectivity index (χ2v) is 4.23. The number of hydrogen-bond donors (Lipinski definition) is 1. The van der Waals surface area contributed by atoms with Gasteiger partial charge < -0.3 is 5.32 Å². The maximum Gasteiger partial charge on any atom is 0.242 e. The van der Waals surface area contributed by atoms with Gasteiger partial charge in [-0.1, -0.05) is 35.0 Å². The van der Waals surface area contributed by atoms with Gasteiger partial charge >= 0.3 is 0 Å². The Balaban J connectivity index is 1.88. The Morgan fingerprint density at radius 1 is 1.42 bits per heavy atom. The molecule has 98 valence electrons. The number of nitrogens with one attached hydrogen (secondary N) is 1. The third kappa shape index (κ3) is 3.62. The monoisotopic (exact) mass is 278 g/mol. The van der Waals surface area contributed by atoms with E-state index in [9.17, 15) is 9.59 Å². The number of rotatable bonds is 5. The van der Waals surface area contributed by atoms with Gasteiger partial charge in [-0.3, -0.25) is 9.59 Å². The SMILES string of the molecule is O=Cc1cn(CC(=O)NCc2ccccc2Cl)nn1. The third-order valence-electron chi connectivity index (χ3n) is 2.42. The summed E-state index contributed by atoms with van der Waals surface area (Å²) in [6.45, 7) is 0.346. The molecular formula is C12H11ClN4O2. The van der Waals surface area contributed by atoms with Crippen LogP contribution in [0.25, 0.3) is 0 Å². The normalized spacial score (nSPS) is 10.2. The maximum absolute atomic E-state index is 11.7. The van der Waals surface area contributed by atoms with Gasteiger partial charge in [0.15, 0.2) is 6.29 Å². The lowest BCUT2D eigenvalue weighted by atomic mass is 10.2. The van der Waals surface area contributed by atoms with Crippen LogP contribution in [0.15, 0.2) is 30.5 Å². The second kappa shape index (κ2) is 6.10. The first kappa shape index (κ1) is 13.2. The number of amides is 1. The van der Waals surface area contributed by atoms with Crippen molar-refractivity contribution < 1.29 is 9.59 Å². The fraction of sp³-hybridized carbons (Fsp3) is 0.167. The third-order valence-corrected chi connectivity index (χ3v) is 2.79. The number of hydrogen-bond acceptors (Lipinski definition) is 4. The molecule has 6 nitrogen and oxygen atoms in total. The summed E-state index contributed by atoms with van der Waals surface area (Å²) < 4.78 is 1.30. The molecular weight excluding hydrogens is 268 g/mol. The Hall–Kier alpha value is -2.21. The van der Waals surface area contributed by atoms with E-state index in [1.54, 1.807) is 6.07 Å². The first-order chi connectivity index (χ1) is 9.19. The first-order valence-corrected chi connectivity index (χ1v) is 5.92. The van der Waals surface area contributed by atoms with E-state index in [4.69, 9.17) is 11.6 Å². The van der Waals surface area contributed by atoms with Gasteiger partial charge in [0, 0.05) is 11.6 Å². The van der Waals surface area contributed by atoms with Gasteiger partial charge in [-0.05, 0) is 11.6 Å². The van der Waals surface area contributed by atoms with Gasteiger partial charge in [0.1, 0.15) is 12.2 Å². The lowest BCUT2D eigenvalue weighted by molar-refractivity contribution is -0.122. The Morgan fingerprint density at radius 2 is 2.21 bits per heavy atom. The molecule has 0 aliphatic carbocycles. The summed E-state index contributed by atoms with van der Waals surface area (Å²) in [6, 6.07) is 7.27. The molecule has 0 atom stereocenters. The minimum atomic E-state index is -0.234. The van der Waals surface area contributed by atoms with Gasteiger partial charge in [0.2, 0.25) is 5.91 Å². The molecule has 1 aromatic carbocycles. The van der Waals surface area contributed by atoms with Crippen LogP contribution in [-0.4, -0.2) is 27.2 Å².